The van der Waals surface area contributed by atoms with Crippen molar-refractivity contribution in [1.82, 2.24) is 9.55 Å². The summed E-state index contributed by atoms with van der Waals surface area (Å²) in [5.41, 5.74) is 7.83. The predicted molar refractivity (Wildman–Crippen MR) is 72.8 cm³/mol. The number of halogens is 2. The van der Waals surface area contributed by atoms with Gasteiger partial charge >= 0.3 is 0 Å². The number of aryl methyl sites for hydroxylation is 1. The Kier molecular flexibility index (Phi) is 3.61. The highest BCUT2D eigenvalue weighted by molar-refractivity contribution is 6.42. The molecule has 0 amide bonds. The van der Waals surface area contributed by atoms with E-state index in [1.165, 1.54) is 0 Å². The Balaban J connectivity index is 2.54. The molecule has 17 heavy (non-hydrogen) atoms. The van der Waals surface area contributed by atoms with Crippen LogP contribution in [0.2, 0.25) is 10.0 Å². The molecule has 5 heteroatoms. The van der Waals surface area contributed by atoms with Crippen molar-refractivity contribution in [3.8, 4) is 0 Å². The number of hydrogen-bond donors (Lipinski definition) is 1. The molecule has 0 aliphatic heterocycles. The average molecular weight is 272 g/mol. The molecule has 1 unspecified atom stereocenters. The zero-order chi connectivity index (χ0) is 12.6. The molecular formula is C12H15Cl2N3. The number of nitrogens with two attached hydrogens (primary N) is 1. The second kappa shape index (κ2) is 4.84. The molecule has 1 aromatic heterocycles. The SMILES string of the molecule is CCC(N)Cn1c(C)nc2cc(Cl)c(Cl)cc21. The first-order chi connectivity index (χ1) is 8.02. The van der Waals surface area contributed by atoms with Gasteiger partial charge < -0.3 is 10.3 Å². The van der Waals surface area contributed by atoms with E-state index in [4.69, 9.17) is 28.9 Å². The molecule has 2 rings (SSSR count). The van der Waals surface area contributed by atoms with Crippen LogP contribution in [0.25, 0.3) is 11.0 Å². The van der Waals surface area contributed by atoms with Gasteiger partial charge in [0.1, 0.15) is 5.82 Å². The van der Waals surface area contributed by atoms with Crippen LogP contribution in [-0.2, 0) is 6.54 Å². The first-order valence-electron chi connectivity index (χ1n) is 5.60. The summed E-state index contributed by atoms with van der Waals surface area (Å²) in [5, 5.41) is 1.08. The van der Waals surface area contributed by atoms with Gasteiger partial charge in [-0.05, 0) is 25.5 Å². The fourth-order valence-electron chi connectivity index (χ4n) is 1.83. The summed E-state index contributed by atoms with van der Waals surface area (Å²) in [6, 6.07) is 3.77. The minimum Gasteiger partial charge on any atom is -0.327 e. The van der Waals surface area contributed by atoms with Crippen molar-refractivity contribution >= 4 is 34.2 Å². The zero-order valence-corrected chi connectivity index (χ0v) is 11.4. The van der Waals surface area contributed by atoms with Gasteiger partial charge in [-0.3, -0.25) is 0 Å². The van der Waals surface area contributed by atoms with Crippen molar-refractivity contribution in [3.63, 3.8) is 0 Å². The number of aromatic nitrogens is 2. The molecule has 3 nitrogen and oxygen atoms in total. The molecule has 2 N–H and O–H groups in total. The van der Waals surface area contributed by atoms with Gasteiger partial charge in [-0.15, -0.1) is 0 Å². The Morgan fingerprint density at radius 3 is 2.65 bits per heavy atom. The smallest absolute Gasteiger partial charge is 0.106 e. The van der Waals surface area contributed by atoms with Crippen LogP contribution in [0, 0.1) is 6.92 Å². The molecule has 0 aliphatic rings. The Hall–Kier alpha value is -0.770. The number of fused-ring (bicyclic) bond motifs is 1. The van der Waals surface area contributed by atoms with Crippen molar-refractivity contribution < 1.29 is 0 Å². The lowest BCUT2D eigenvalue weighted by atomic mass is 10.2. The standard InChI is InChI=1S/C12H15Cl2N3/c1-3-8(15)6-17-7(2)16-11-4-9(13)10(14)5-12(11)17/h4-5,8H,3,6,15H2,1-2H3. The molecule has 0 saturated carbocycles. The van der Waals surface area contributed by atoms with E-state index in [1.807, 2.05) is 13.0 Å². The highest BCUT2D eigenvalue weighted by Crippen LogP contribution is 2.28. The summed E-state index contributed by atoms with van der Waals surface area (Å²) in [5.74, 6) is 0.933. The fourth-order valence-corrected chi connectivity index (χ4v) is 2.15. The molecule has 0 aliphatic carbocycles. The van der Waals surface area contributed by atoms with Gasteiger partial charge in [0.05, 0.1) is 21.1 Å². The molecule has 1 aromatic carbocycles. The van der Waals surface area contributed by atoms with Crippen LogP contribution in [0.5, 0.6) is 0 Å². The number of benzene rings is 1. The summed E-state index contributed by atoms with van der Waals surface area (Å²) >= 11 is 12.0. The maximum atomic E-state index is 6.04. The van der Waals surface area contributed by atoms with Gasteiger partial charge in [0.15, 0.2) is 0 Å². The van der Waals surface area contributed by atoms with E-state index in [2.05, 4.69) is 16.5 Å². The first kappa shape index (κ1) is 12.7. The van der Waals surface area contributed by atoms with Crippen LogP contribution in [0.4, 0.5) is 0 Å². The molecule has 1 atom stereocenters. The molecule has 0 saturated heterocycles. The number of hydrogen-bond acceptors (Lipinski definition) is 2. The van der Waals surface area contributed by atoms with Gasteiger partial charge in [0, 0.05) is 12.6 Å². The third kappa shape index (κ3) is 2.41. The molecule has 92 valence electrons. The number of imidazole rings is 1. The van der Waals surface area contributed by atoms with Crippen LogP contribution in [0.3, 0.4) is 0 Å². The third-order valence-electron chi connectivity index (χ3n) is 2.92. The van der Waals surface area contributed by atoms with Crippen LogP contribution in [0.15, 0.2) is 12.1 Å². The molecular weight excluding hydrogens is 257 g/mol. The molecule has 0 spiro atoms. The monoisotopic (exact) mass is 271 g/mol. The van der Waals surface area contributed by atoms with Gasteiger partial charge in [-0.25, -0.2) is 4.98 Å². The van der Waals surface area contributed by atoms with Crippen molar-refractivity contribution in [3.05, 3.63) is 28.0 Å². The Morgan fingerprint density at radius 1 is 1.35 bits per heavy atom. The van der Waals surface area contributed by atoms with Crippen molar-refractivity contribution in [2.45, 2.75) is 32.9 Å². The lowest BCUT2D eigenvalue weighted by Crippen LogP contribution is -2.25. The summed E-state index contributed by atoms with van der Waals surface area (Å²) in [6.07, 6.45) is 0.931. The largest absolute Gasteiger partial charge is 0.327 e. The topological polar surface area (TPSA) is 43.8 Å². The lowest BCUT2D eigenvalue weighted by molar-refractivity contribution is 0.539. The lowest BCUT2D eigenvalue weighted by Gasteiger charge is -2.12. The van der Waals surface area contributed by atoms with Gasteiger partial charge in [-0.2, -0.15) is 0 Å². The number of nitrogens with zero attached hydrogens (tertiary/aromatic N) is 2. The minimum atomic E-state index is 0.126. The summed E-state index contributed by atoms with van der Waals surface area (Å²) < 4.78 is 2.09. The van der Waals surface area contributed by atoms with E-state index >= 15 is 0 Å². The van der Waals surface area contributed by atoms with E-state index in [0.29, 0.717) is 10.0 Å². The van der Waals surface area contributed by atoms with Gasteiger partial charge in [-0.1, -0.05) is 30.1 Å². The van der Waals surface area contributed by atoms with E-state index in [1.54, 1.807) is 6.07 Å². The normalized spacial score (nSPS) is 13.2. The first-order valence-corrected chi connectivity index (χ1v) is 6.36. The quantitative estimate of drug-likeness (QED) is 0.930. The second-order valence-corrected chi connectivity index (χ2v) is 5.01. The van der Waals surface area contributed by atoms with Crippen LogP contribution in [0.1, 0.15) is 19.2 Å². The number of rotatable bonds is 3. The highest BCUT2D eigenvalue weighted by atomic mass is 35.5. The Bertz CT molecular complexity index is 548. The van der Waals surface area contributed by atoms with Crippen molar-refractivity contribution in [1.29, 1.82) is 0 Å². The van der Waals surface area contributed by atoms with E-state index in [-0.39, 0.29) is 6.04 Å². The minimum absolute atomic E-state index is 0.126. The van der Waals surface area contributed by atoms with E-state index in [0.717, 1.165) is 29.8 Å². The second-order valence-electron chi connectivity index (χ2n) is 4.19. The average Bonchev–Trinajstić information content (AvgIpc) is 2.56. The molecule has 0 fully saturated rings. The Morgan fingerprint density at radius 2 is 2.00 bits per heavy atom. The fraction of sp³-hybridized carbons (Fsp3) is 0.417. The summed E-state index contributed by atoms with van der Waals surface area (Å²) in [4.78, 5) is 4.47. The highest BCUT2D eigenvalue weighted by Gasteiger charge is 2.12. The molecule has 1 heterocycles. The molecule has 2 aromatic rings. The Labute approximate surface area is 111 Å². The summed E-state index contributed by atoms with van der Waals surface area (Å²) in [7, 11) is 0. The zero-order valence-electron chi connectivity index (χ0n) is 9.87. The van der Waals surface area contributed by atoms with E-state index in [9.17, 15) is 0 Å². The maximum absolute atomic E-state index is 6.04. The van der Waals surface area contributed by atoms with Gasteiger partial charge in [0.25, 0.3) is 0 Å². The molecule has 0 bridgehead atoms. The maximum Gasteiger partial charge on any atom is 0.106 e. The van der Waals surface area contributed by atoms with E-state index < -0.39 is 0 Å². The third-order valence-corrected chi connectivity index (χ3v) is 3.64. The van der Waals surface area contributed by atoms with Crippen molar-refractivity contribution in [2.75, 3.05) is 0 Å². The van der Waals surface area contributed by atoms with Gasteiger partial charge in [0.2, 0.25) is 0 Å². The summed E-state index contributed by atoms with van der Waals surface area (Å²) in [6.45, 7) is 4.78. The van der Waals surface area contributed by atoms with Crippen LogP contribution >= 0.6 is 23.2 Å². The van der Waals surface area contributed by atoms with Crippen LogP contribution < -0.4 is 5.73 Å². The van der Waals surface area contributed by atoms with Crippen molar-refractivity contribution in [2.24, 2.45) is 5.73 Å². The van der Waals surface area contributed by atoms with Crippen LogP contribution in [-0.4, -0.2) is 15.6 Å². The molecule has 0 radical (unpaired) electrons. The predicted octanol–water partition coefficient (Wildman–Crippen LogP) is 3.39.